The number of hydrogen-bond donors (Lipinski definition) is 2. The number of aliphatic carboxylic acids is 1. The van der Waals surface area contributed by atoms with Crippen LogP contribution < -0.4 is 0 Å². The second-order valence-electron chi connectivity index (χ2n) is 5.58. The van der Waals surface area contributed by atoms with Gasteiger partial charge in [-0.2, -0.15) is 0 Å². The van der Waals surface area contributed by atoms with Crippen molar-refractivity contribution >= 4 is 5.97 Å². The molecule has 5 nitrogen and oxygen atoms in total. The lowest BCUT2D eigenvalue weighted by Gasteiger charge is -2.36. The van der Waals surface area contributed by atoms with Crippen LogP contribution in [0.25, 0.3) is 0 Å². The highest BCUT2D eigenvalue weighted by molar-refractivity contribution is 5.85. The summed E-state index contributed by atoms with van der Waals surface area (Å²) in [6, 6.07) is 0. The first-order valence-electron chi connectivity index (χ1n) is 6.35. The second-order valence-corrected chi connectivity index (χ2v) is 5.58. The molecule has 1 saturated heterocycles. The Morgan fingerprint density at radius 1 is 1.22 bits per heavy atom. The van der Waals surface area contributed by atoms with Crippen molar-refractivity contribution in [3.8, 4) is 0 Å². The third-order valence-corrected chi connectivity index (χ3v) is 3.07. The number of carboxylic acids is 1. The number of nitrogens with zero attached hydrogens (tertiary/aromatic N) is 2. The van der Waals surface area contributed by atoms with Crippen LogP contribution >= 0.6 is 0 Å². The van der Waals surface area contributed by atoms with Gasteiger partial charge in [0.2, 0.25) is 0 Å². The quantitative estimate of drug-likeness (QED) is 0.697. The minimum absolute atomic E-state index is 0.397. The average molecular weight is 256 g/mol. The van der Waals surface area contributed by atoms with Crippen molar-refractivity contribution in [3.63, 3.8) is 0 Å². The Morgan fingerprint density at radius 2 is 1.72 bits per heavy atom. The minimum Gasteiger partial charge on any atom is -0.478 e. The predicted molar refractivity (Wildman–Crippen MR) is 70.6 cm³/mol. The van der Waals surface area contributed by atoms with E-state index in [-0.39, 0.29) is 0 Å². The number of piperazine rings is 1. The summed E-state index contributed by atoms with van der Waals surface area (Å²) < 4.78 is 0. The first-order chi connectivity index (χ1) is 8.28. The van der Waals surface area contributed by atoms with Crippen molar-refractivity contribution in [2.24, 2.45) is 0 Å². The minimum atomic E-state index is -0.851. The summed E-state index contributed by atoms with van der Waals surface area (Å²) in [4.78, 5) is 15.1. The molecule has 0 radical (unpaired) electrons. The van der Waals surface area contributed by atoms with Crippen LogP contribution in [0.4, 0.5) is 0 Å². The van der Waals surface area contributed by atoms with Crippen LogP contribution in [0.5, 0.6) is 0 Å². The van der Waals surface area contributed by atoms with Gasteiger partial charge in [-0.1, -0.05) is 6.08 Å². The Balaban J connectivity index is 2.32. The molecule has 0 atom stereocenters. The fourth-order valence-corrected chi connectivity index (χ4v) is 2.03. The lowest BCUT2D eigenvalue weighted by molar-refractivity contribution is -0.132. The van der Waals surface area contributed by atoms with E-state index < -0.39 is 11.6 Å². The highest BCUT2D eigenvalue weighted by atomic mass is 16.4. The molecule has 0 aromatic heterocycles. The summed E-state index contributed by atoms with van der Waals surface area (Å²) >= 11 is 0. The zero-order valence-electron chi connectivity index (χ0n) is 11.5. The molecule has 1 aliphatic rings. The van der Waals surface area contributed by atoms with E-state index in [1.807, 2.05) is 13.8 Å². The summed E-state index contributed by atoms with van der Waals surface area (Å²) in [5, 5.41) is 18.5. The first kappa shape index (κ1) is 15.1. The largest absolute Gasteiger partial charge is 0.478 e. The molecule has 0 unspecified atom stereocenters. The zero-order chi connectivity index (χ0) is 13.8. The van der Waals surface area contributed by atoms with Crippen molar-refractivity contribution in [2.75, 3.05) is 39.3 Å². The van der Waals surface area contributed by atoms with Crippen molar-refractivity contribution in [1.82, 2.24) is 9.80 Å². The van der Waals surface area contributed by atoms with Crippen molar-refractivity contribution in [1.29, 1.82) is 0 Å². The van der Waals surface area contributed by atoms with Gasteiger partial charge < -0.3 is 10.2 Å². The summed E-state index contributed by atoms with van der Waals surface area (Å²) in [7, 11) is 0. The molecule has 0 saturated carbocycles. The molecule has 2 N–H and O–H groups in total. The maximum absolute atomic E-state index is 10.7. The predicted octanol–water partition coefficient (Wildman–Crippen LogP) is 0.406. The Bertz CT molecular complexity index is 313. The van der Waals surface area contributed by atoms with Crippen LogP contribution in [0.1, 0.15) is 20.8 Å². The smallest absolute Gasteiger partial charge is 0.330 e. The Kier molecular flexibility index (Phi) is 5.31. The SMILES string of the molecule is CC(=CCN1CCN(CC(C)(C)O)CC1)C(=O)O. The average Bonchev–Trinajstić information content (AvgIpc) is 2.25. The monoisotopic (exact) mass is 256 g/mol. The van der Waals surface area contributed by atoms with Gasteiger partial charge in [0, 0.05) is 44.8 Å². The Morgan fingerprint density at radius 3 is 2.17 bits per heavy atom. The molecular formula is C13H24N2O3. The third kappa shape index (κ3) is 5.62. The highest BCUT2D eigenvalue weighted by Gasteiger charge is 2.22. The van der Waals surface area contributed by atoms with E-state index in [9.17, 15) is 9.90 Å². The molecule has 0 amide bonds. The molecule has 0 bridgehead atoms. The zero-order valence-corrected chi connectivity index (χ0v) is 11.5. The van der Waals surface area contributed by atoms with Crippen LogP contribution in [0, 0.1) is 0 Å². The maximum Gasteiger partial charge on any atom is 0.330 e. The van der Waals surface area contributed by atoms with E-state index in [4.69, 9.17) is 5.11 Å². The van der Waals surface area contributed by atoms with Crippen LogP contribution in [0.2, 0.25) is 0 Å². The van der Waals surface area contributed by atoms with Gasteiger partial charge in [-0.3, -0.25) is 9.80 Å². The molecule has 1 rings (SSSR count). The molecule has 18 heavy (non-hydrogen) atoms. The number of hydrogen-bond acceptors (Lipinski definition) is 4. The molecule has 0 spiro atoms. The molecule has 1 fully saturated rings. The lowest BCUT2D eigenvalue weighted by atomic mass is 10.1. The van der Waals surface area contributed by atoms with E-state index in [1.165, 1.54) is 0 Å². The van der Waals surface area contributed by atoms with Gasteiger partial charge in [0.25, 0.3) is 0 Å². The van der Waals surface area contributed by atoms with E-state index in [0.29, 0.717) is 18.7 Å². The molecule has 5 heteroatoms. The summed E-state index contributed by atoms with van der Waals surface area (Å²) in [6.07, 6.45) is 1.76. The molecule has 1 aliphatic heterocycles. The van der Waals surface area contributed by atoms with Crippen LogP contribution in [0.3, 0.4) is 0 Å². The maximum atomic E-state index is 10.7. The van der Waals surface area contributed by atoms with E-state index in [2.05, 4.69) is 9.80 Å². The van der Waals surface area contributed by atoms with Crippen LogP contribution in [-0.4, -0.2) is 70.9 Å². The second kappa shape index (κ2) is 6.31. The van der Waals surface area contributed by atoms with Gasteiger partial charge in [0.1, 0.15) is 0 Å². The Labute approximate surface area is 109 Å². The lowest BCUT2D eigenvalue weighted by Crippen LogP contribution is -2.50. The van der Waals surface area contributed by atoms with Crippen molar-refractivity contribution in [2.45, 2.75) is 26.4 Å². The van der Waals surface area contributed by atoms with Gasteiger partial charge >= 0.3 is 5.97 Å². The summed E-state index contributed by atoms with van der Waals surface area (Å²) in [6.45, 7) is 10.3. The standard InChI is InChI=1S/C13H24N2O3/c1-11(12(16)17)4-5-14-6-8-15(9-7-14)10-13(2,3)18/h4,18H,5-10H2,1-3H3,(H,16,17). The molecule has 104 valence electrons. The molecule has 0 aromatic carbocycles. The van der Waals surface area contributed by atoms with Crippen molar-refractivity contribution < 1.29 is 15.0 Å². The van der Waals surface area contributed by atoms with Crippen molar-refractivity contribution in [3.05, 3.63) is 11.6 Å². The topological polar surface area (TPSA) is 64.0 Å². The third-order valence-electron chi connectivity index (χ3n) is 3.07. The fraction of sp³-hybridized carbons (Fsp3) is 0.769. The molecular weight excluding hydrogens is 232 g/mol. The fourth-order valence-electron chi connectivity index (χ4n) is 2.03. The van der Waals surface area contributed by atoms with E-state index in [0.717, 1.165) is 26.2 Å². The van der Waals surface area contributed by atoms with Gasteiger partial charge in [0.15, 0.2) is 0 Å². The number of carboxylic acid groups (broad SMARTS) is 1. The highest BCUT2D eigenvalue weighted by Crippen LogP contribution is 2.08. The molecule has 1 heterocycles. The van der Waals surface area contributed by atoms with Crippen LogP contribution in [-0.2, 0) is 4.79 Å². The summed E-state index contributed by atoms with van der Waals surface area (Å²) in [5.41, 5.74) is -0.254. The van der Waals surface area contributed by atoms with Gasteiger partial charge in [-0.25, -0.2) is 4.79 Å². The number of rotatable bonds is 5. The number of carbonyl (C=O) groups is 1. The van der Waals surface area contributed by atoms with Gasteiger partial charge in [-0.15, -0.1) is 0 Å². The number of β-amino-alcohol motifs (C(OH)–C–C–N with tert-alkyl or cyclic N) is 1. The molecule has 0 aromatic rings. The van der Waals surface area contributed by atoms with E-state index in [1.54, 1.807) is 13.0 Å². The number of aliphatic hydroxyl groups is 1. The first-order valence-corrected chi connectivity index (χ1v) is 6.35. The molecule has 0 aliphatic carbocycles. The van der Waals surface area contributed by atoms with Gasteiger partial charge in [0.05, 0.1) is 5.60 Å². The Hall–Kier alpha value is -0.910. The van der Waals surface area contributed by atoms with Gasteiger partial charge in [-0.05, 0) is 20.8 Å². The van der Waals surface area contributed by atoms with E-state index >= 15 is 0 Å². The normalized spacial score (nSPS) is 20.1. The summed E-state index contributed by atoms with van der Waals surface area (Å²) in [5.74, 6) is -0.851. The van der Waals surface area contributed by atoms with Crippen LogP contribution in [0.15, 0.2) is 11.6 Å².